The van der Waals surface area contributed by atoms with E-state index in [1.165, 1.54) is 0 Å². The molecule has 0 bridgehead atoms. The monoisotopic (exact) mass is 849 g/mol. The summed E-state index contributed by atoms with van der Waals surface area (Å²) in [5.74, 6) is -0.356. The average molecular weight is 849 g/mol. The third-order valence-corrected chi connectivity index (χ3v) is 14.3. The molecule has 8 unspecified atom stereocenters. The van der Waals surface area contributed by atoms with E-state index in [4.69, 9.17) is 47.4 Å². The molecule has 6 rings (SSSR count). The van der Waals surface area contributed by atoms with Gasteiger partial charge in [-0.2, -0.15) is 0 Å². The predicted molar refractivity (Wildman–Crippen MR) is 220 cm³/mol. The summed E-state index contributed by atoms with van der Waals surface area (Å²) in [5, 5.41) is 0. The number of nitrogens with zero attached hydrogens (tertiary/aromatic N) is 1. The largest absolute Gasteiger partial charge is 0.512 e. The number of fused-ring (bicyclic) bond motifs is 5. The summed E-state index contributed by atoms with van der Waals surface area (Å²) < 4.78 is 60.9. The smallest absolute Gasteiger partial charge is 0.462 e. The van der Waals surface area contributed by atoms with Crippen LogP contribution in [-0.2, 0) is 57.0 Å². The molecule has 0 radical (unpaired) electrons. The molecule has 0 spiro atoms. The first kappa shape index (κ1) is 47.1. The van der Waals surface area contributed by atoms with Gasteiger partial charge in [-0.3, -0.25) is 14.1 Å². The number of allylic oxidation sites excluding steroid dienone is 4. The molecule has 0 aromatic rings. The predicted octanol–water partition coefficient (Wildman–Crippen LogP) is 6.52. The van der Waals surface area contributed by atoms with Crippen molar-refractivity contribution in [2.24, 2.45) is 35.5 Å². The van der Waals surface area contributed by atoms with Gasteiger partial charge in [-0.25, -0.2) is 4.79 Å². The Hall–Kier alpha value is -2.43. The van der Waals surface area contributed by atoms with Crippen LogP contribution >= 0.6 is 0 Å². The van der Waals surface area contributed by atoms with Crippen LogP contribution in [0.15, 0.2) is 23.8 Å². The normalized spacial score (nSPS) is 41.3. The highest BCUT2D eigenvalue weighted by molar-refractivity contribution is 5.99. The highest BCUT2D eigenvalue weighted by atomic mass is 16.7. The summed E-state index contributed by atoms with van der Waals surface area (Å²) in [6.07, 6.45) is 8.49. The molecule has 340 valence electrons. The summed E-state index contributed by atoms with van der Waals surface area (Å²) >= 11 is 0. The van der Waals surface area contributed by atoms with Crippen LogP contribution in [0.2, 0.25) is 0 Å². The van der Waals surface area contributed by atoms with Gasteiger partial charge in [0.2, 0.25) is 6.73 Å². The maximum absolute atomic E-state index is 14.8. The summed E-state index contributed by atoms with van der Waals surface area (Å²) in [6.45, 7) is 11.8. The molecule has 0 aromatic heterocycles. The number of esters is 1. The Bertz CT molecular complexity index is 1530. The molecule has 3 aliphatic heterocycles. The molecule has 4 fully saturated rings. The number of ether oxygens (including phenoxy) is 10. The fourth-order valence-corrected chi connectivity index (χ4v) is 11.2. The zero-order chi connectivity index (χ0) is 43.5. The topological polar surface area (TPSA) is 144 Å². The molecule has 3 saturated heterocycles. The van der Waals surface area contributed by atoms with E-state index in [0.717, 1.165) is 37.7 Å². The van der Waals surface area contributed by atoms with Crippen molar-refractivity contribution in [3.8, 4) is 0 Å². The lowest BCUT2D eigenvalue weighted by Gasteiger charge is -2.44. The third kappa shape index (κ3) is 10.5. The van der Waals surface area contributed by atoms with Crippen molar-refractivity contribution in [3.63, 3.8) is 0 Å². The van der Waals surface area contributed by atoms with Crippen LogP contribution in [-0.4, -0.2) is 138 Å². The van der Waals surface area contributed by atoms with Crippen molar-refractivity contribution in [2.45, 2.75) is 173 Å². The Morgan fingerprint density at radius 2 is 1.60 bits per heavy atom. The summed E-state index contributed by atoms with van der Waals surface area (Å²) in [4.78, 5) is 40.6. The van der Waals surface area contributed by atoms with Crippen LogP contribution in [0.1, 0.15) is 99.3 Å². The Morgan fingerprint density at radius 1 is 0.867 bits per heavy atom. The number of carbonyl (C=O) groups is 3. The number of cyclic esters (lactones) is 1. The van der Waals surface area contributed by atoms with Crippen LogP contribution < -0.4 is 0 Å². The number of carbonyl (C=O) groups excluding carboxylic acids is 3. The van der Waals surface area contributed by atoms with Gasteiger partial charge in [0, 0.05) is 46.0 Å². The van der Waals surface area contributed by atoms with Gasteiger partial charge < -0.3 is 47.4 Å². The average Bonchev–Trinajstić information content (AvgIpc) is 3.78. The molecular formula is C46H74NO13+. The molecule has 3 aliphatic carbocycles. The second-order valence-corrected chi connectivity index (χ2v) is 19.0. The van der Waals surface area contributed by atoms with Crippen LogP contribution in [0.25, 0.3) is 0 Å². The van der Waals surface area contributed by atoms with Crippen molar-refractivity contribution in [1.29, 1.82) is 0 Å². The Kier molecular flexibility index (Phi) is 16.0. The minimum atomic E-state index is -0.679. The zero-order valence-electron chi connectivity index (χ0n) is 37.9. The molecule has 0 amide bonds. The molecule has 1 saturated carbocycles. The number of likely N-dealkylation sites (N-methyl/N-ethyl adjacent to an activating group) is 1. The Labute approximate surface area is 357 Å². The second-order valence-electron chi connectivity index (χ2n) is 19.0. The van der Waals surface area contributed by atoms with E-state index in [0.29, 0.717) is 23.7 Å². The summed E-state index contributed by atoms with van der Waals surface area (Å²) in [6, 6.07) is 0.0581. The standard InChI is InChI=1S/C46H74NO13/c1-12-30-14-13-15-38(60-40-19-18-37(27(5)56-40)47(7,8)24-54-46(50)55-25(2)3)26(4)41(49)36-22-34-32(35(36)23-39(48)58-30)17-16-29-20-31(21-33(29)34)59-45-44(53-11)43(52-10)42(51-9)28(6)57-45/h16-17,22,25-35,37-38,40,42-45H,12-15,18-21,23-24H2,1-11H3/q+1/t26-,27?,28?,29-,30+,31-,32-,33-,34-,35+,37?,38+,40?,42?,43?,44?,45?/m1/s1. The lowest BCUT2D eigenvalue weighted by Crippen LogP contribution is -2.59. The SMILES string of the molecule is CC[C@H]1CCC[C@H](OC2CCC([N+](C)(C)COC(=O)OC(C)C)C(C)O2)[C@@H](C)C(=O)C2=C[C@@H]3[C@@H](C=C[C@@H]4C[C@@H](OC5OC(C)C(OC)C(OC)C5OC)C[C@@H]34)[C@@H]2CC(=O)O1. The van der Waals surface area contributed by atoms with E-state index < -0.39 is 30.8 Å². The van der Waals surface area contributed by atoms with E-state index >= 15 is 0 Å². The second kappa shape index (κ2) is 20.4. The fourth-order valence-electron chi connectivity index (χ4n) is 11.2. The number of methoxy groups -OCH3 is 3. The summed E-state index contributed by atoms with van der Waals surface area (Å²) in [5.41, 5.74) is 0.719. The summed E-state index contributed by atoms with van der Waals surface area (Å²) in [7, 11) is 8.99. The van der Waals surface area contributed by atoms with E-state index in [1.807, 2.05) is 34.9 Å². The first-order valence-corrected chi connectivity index (χ1v) is 22.6. The highest BCUT2D eigenvalue weighted by Crippen LogP contribution is 2.54. The Morgan fingerprint density at radius 3 is 2.27 bits per heavy atom. The molecule has 6 aliphatic rings. The molecule has 17 atom stereocenters. The van der Waals surface area contributed by atoms with E-state index in [-0.39, 0.29) is 109 Å². The molecule has 14 nitrogen and oxygen atoms in total. The van der Waals surface area contributed by atoms with Crippen LogP contribution in [0.4, 0.5) is 4.79 Å². The van der Waals surface area contributed by atoms with Crippen molar-refractivity contribution in [1.82, 2.24) is 0 Å². The number of hydrogen-bond donors (Lipinski definition) is 0. The van der Waals surface area contributed by atoms with Gasteiger partial charge in [-0.05, 0) is 95.5 Å². The number of Topliss-reactive ketones (excluding diaryl/α,β-unsaturated/α-hetero) is 1. The lowest BCUT2D eigenvalue weighted by atomic mass is 9.70. The van der Waals surface area contributed by atoms with Gasteiger partial charge in [-0.15, -0.1) is 0 Å². The third-order valence-electron chi connectivity index (χ3n) is 14.3. The van der Waals surface area contributed by atoms with Crippen molar-refractivity contribution >= 4 is 17.9 Å². The van der Waals surface area contributed by atoms with Crippen LogP contribution in [0.3, 0.4) is 0 Å². The molecule has 0 aromatic carbocycles. The number of rotatable bonds is 12. The van der Waals surface area contributed by atoms with E-state index in [1.54, 1.807) is 35.2 Å². The minimum absolute atomic E-state index is 0.00115. The number of hydrogen-bond acceptors (Lipinski definition) is 13. The highest BCUT2D eigenvalue weighted by Gasteiger charge is 2.53. The van der Waals surface area contributed by atoms with Gasteiger partial charge in [0.25, 0.3) is 0 Å². The van der Waals surface area contributed by atoms with E-state index in [9.17, 15) is 14.4 Å². The first-order valence-electron chi connectivity index (χ1n) is 22.6. The van der Waals surface area contributed by atoms with Crippen LogP contribution in [0.5, 0.6) is 0 Å². The zero-order valence-corrected chi connectivity index (χ0v) is 37.9. The van der Waals surface area contributed by atoms with Crippen LogP contribution in [0, 0.1) is 35.5 Å². The fraction of sp³-hybridized carbons (Fsp3) is 0.848. The van der Waals surface area contributed by atoms with Crippen molar-refractivity contribution < 1.29 is 66.2 Å². The van der Waals surface area contributed by atoms with Crippen molar-refractivity contribution in [2.75, 3.05) is 42.2 Å². The molecule has 3 heterocycles. The van der Waals surface area contributed by atoms with Crippen molar-refractivity contribution in [3.05, 3.63) is 23.8 Å². The maximum Gasteiger partial charge on any atom is 0.512 e. The van der Waals surface area contributed by atoms with Gasteiger partial charge in [0.1, 0.15) is 36.6 Å². The first-order chi connectivity index (χ1) is 28.6. The Balaban J connectivity index is 1.16. The lowest BCUT2D eigenvalue weighted by molar-refractivity contribution is -0.936. The molecule has 60 heavy (non-hydrogen) atoms. The molecule has 0 N–H and O–H groups in total. The van der Waals surface area contributed by atoms with E-state index in [2.05, 4.69) is 25.2 Å². The van der Waals surface area contributed by atoms with Gasteiger partial charge in [0.15, 0.2) is 18.4 Å². The maximum atomic E-state index is 14.8. The molecular weight excluding hydrogens is 775 g/mol. The van der Waals surface area contributed by atoms with Gasteiger partial charge in [0.05, 0.1) is 44.9 Å². The van der Waals surface area contributed by atoms with Gasteiger partial charge in [-0.1, -0.05) is 32.1 Å². The quantitative estimate of drug-likeness (QED) is 0.0911. The minimum Gasteiger partial charge on any atom is -0.462 e. The van der Waals surface area contributed by atoms with Gasteiger partial charge >= 0.3 is 12.1 Å². The number of quaternary nitrogens is 1. The number of ketones is 1. The molecule has 14 heteroatoms.